The Morgan fingerprint density at radius 2 is 2.00 bits per heavy atom. The van der Waals surface area contributed by atoms with E-state index in [0.717, 1.165) is 30.6 Å². The predicted octanol–water partition coefficient (Wildman–Crippen LogP) is 2.58. The van der Waals surface area contributed by atoms with Crippen LogP contribution in [-0.4, -0.2) is 18.4 Å². The summed E-state index contributed by atoms with van der Waals surface area (Å²) in [6.07, 6.45) is 5.11. The van der Waals surface area contributed by atoms with E-state index in [-0.39, 0.29) is 12.5 Å². The van der Waals surface area contributed by atoms with Crippen LogP contribution in [0.4, 0.5) is 0 Å². The van der Waals surface area contributed by atoms with Crippen LogP contribution in [0.5, 0.6) is 0 Å². The molecule has 0 saturated heterocycles. The lowest BCUT2D eigenvalue weighted by Crippen LogP contribution is -2.50. The van der Waals surface area contributed by atoms with Crippen molar-refractivity contribution in [3.8, 4) is 0 Å². The minimum absolute atomic E-state index is 0.0407. The number of nitrogens with one attached hydrogen (secondary N) is 1. The van der Waals surface area contributed by atoms with Gasteiger partial charge in [0.15, 0.2) is 0 Å². The Bertz CT molecular complexity index is 502. The first-order valence-electron chi connectivity index (χ1n) is 7.51. The molecule has 0 aliphatic heterocycles. The molecule has 1 heterocycles. The van der Waals surface area contributed by atoms with Crippen LogP contribution < -0.4 is 11.1 Å². The van der Waals surface area contributed by atoms with Gasteiger partial charge in [-0.15, -0.1) is 11.3 Å². The average Bonchev–Trinajstić information content (AvgIpc) is 3.00. The van der Waals surface area contributed by atoms with Gasteiger partial charge in [0.1, 0.15) is 0 Å². The smallest absolute Gasteiger partial charge is 0.231 e. The normalized spacial score (nSPS) is 18.2. The molecule has 0 unspecified atom stereocenters. The number of carbonyl (C=O) groups excluding carboxylic acids is 2. The monoisotopic (exact) mass is 308 g/mol. The van der Waals surface area contributed by atoms with E-state index >= 15 is 0 Å². The Morgan fingerprint density at radius 3 is 2.52 bits per heavy atom. The lowest BCUT2D eigenvalue weighted by atomic mass is 9.72. The van der Waals surface area contributed by atoms with Gasteiger partial charge >= 0.3 is 0 Å². The Balaban J connectivity index is 2.15. The van der Waals surface area contributed by atoms with Crippen molar-refractivity contribution in [2.75, 3.05) is 6.54 Å². The Morgan fingerprint density at radius 1 is 1.33 bits per heavy atom. The Labute approximate surface area is 130 Å². The largest absolute Gasteiger partial charge is 0.369 e. The second-order valence-corrected chi connectivity index (χ2v) is 7.50. The Kier molecular flexibility index (Phi) is 4.71. The van der Waals surface area contributed by atoms with Gasteiger partial charge in [-0.05, 0) is 38.1 Å². The third kappa shape index (κ3) is 3.28. The average molecular weight is 308 g/mol. The van der Waals surface area contributed by atoms with Crippen LogP contribution in [0.2, 0.25) is 0 Å². The highest BCUT2D eigenvalue weighted by atomic mass is 32.1. The molecular formula is C16H24N2O2S. The van der Waals surface area contributed by atoms with Gasteiger partial charge in [0.25, 0.3) is 0 Å². The molecule has 116 valence electrons. The van der Waals surface area contributed by atoms with Crippen LogP contribution >= 0.6 is 11.3 Å². The van der Waals surface area contributed by atoms with Gasteiger partial charge in [0.2, 0.25) is 11.8 Å². The van der Waals surface area contributed by atoms with Gasteiger partial charge in [-0.2, -0.15) is 0 Å². The van der Waals surface area contributed by atoms with E-state index in [1.54, 1.807) is 25.2 Å². The molecule has 2 rings (SSSR count). The lowest BCUT2D eigenvalue weighted by Gasteiger charge is -2.36. The molecule has 1 saturated carbocycles. The lowest BCUT2D eigenvalue weighted by molar-refractivity contribution is -0.130. The molecule has 1 fully saturated rings. The zero-order valence-electron chi connectivity index (χ0n) is 12.8. The van der Waals surface area contributed by atoms with Gasteiger partial charge in [0, 0.05) is 11.4 Å². The SMILES string of the molecule is CC(C)(CNC(=O)C1(c2cccs2)CCCCC1)C(N)=O. The van der Waals surface area contributed by atoms with Crippen molar-refractivity contribution in [2.45, 2.75) is 51.4 Å². The molecule has 0 atom stereocenters. The van der Waals surface area contributed by atoms with Crippen molar-refractivity contribution < 1.29 is 9.59 Å². The third-order valence-corrected chi connectivity index (χ3v) is 5.57. The van der Waals surface area contributed by atoms with E-state index in [4.69, 9.17) is 5.73 Å². The fourth-order valence-corrected chi connectivity index (χ4v) is 3.83. The van der Waals surface area contributed by atoms with Crippen molar-refractivity contribution in [3.63, 3.8) is 0 Å². The number of hydrogen-bond acceptors (Lipinski definition) is 3. The second kappa shape index (κ2) is 6.18. The van der Waals surface area contributed by atoms with Crippen molar-refractivity contribution in [3.05, 3.63) is 22.4 Å². The van der Waals surface area contributed by atoms with E-state index in [0.29, 0.717) is 0 Å². The highest BCUT2D eigenvalue weighted by molar-refractivity contribution is 7.10. The summed E-state index contributed by atoms with van der Waals surface area (Å²) in [5, 5.41) is 4.99. The van der Waals surface area contributed by atoms with Gasteiger partial charge in [0.05, 0.1) is 10.8 Å². The van der Waals surface area contributed by atoms with Gasteiger partial charge < -0.3 is 11.1 Å². The molecule has 3 N–H and O–H groups in total. The first kappa shape index (κ1) is 16.0. The predicted molar refractivity (Wildman–Crippen MR) is 85.1 cm³/mol. The number of primary amides is 1. The minimum atomic E-state index is -0.721. The molecule has 0 radical (unpaired) electrons. The van der Waals surface area contributed by atoms with Crippen LogP contribution in [0.1, 0.15) is 50.8 Å². The fourth-order valence-electron chi connectivity index (χ4n) is 2.85. The van der Waals surface area contributed by atoms with Crippen molar-refractivity contribution in [2.24, 2.45) is 11.1 Å². The molecule has 1 aromatic heterocycles. The number of nitrogens with two attached hydrogens (primary N) is 1. The molecule has 2 amide bonds. The van der Waals surface area contributed by atoms with E-state index in [1.165, 1.54) is 6.42 Å². The summed E-state index contributed by atoms with van der Waals surface area (Å²) in [4.78, 5) is 25.4. The van der Waals surface area contributed by atoms with Crippen LogP contribution in [0.3, 0.4) is 0 Å². The molecule has 1 aromatic rings. The standard InChI is InChI=1S/C16H24N2O2S/c1-15(2,13(17)19)11-18-14(20)16(8-4-3-5-9-16)12-7-6-10-21-12/h6-7,10H,3-5,8-9,11H2,1-2H3,(H2,17,19)(H,18,20). The second-order valence-electron chi connectivity index (χ2n) is 6.55. The van der Waals surface area contributed by atoms with Gasteiger partial charge in [-0.1, -0.05) is 25.3 Å². The number of amides is 2. The number of rotatable bonds is 5. The quantitative estimate of drug-likeness (QED) is 0.877. The molecule has 0 bridgehead atoms. The first-order valence-corrected chi connectivity index (χ1v) is 8.39. The first-order chi connectivity index (χ1) is 9.88. The maximum atomic E-state index is 12.8. The number of thiophene rings is 1. The number of carbonyl (C=O) groups is 2. The summed E-state index contributed by atoms with van der Waals surface area (Å²) in [5.74, 6) is -0.351. The van der Waals surface area contributed by atoms with E-state index in [1.807, 2.05) is 11.4 Å². The van der Waals surface area contributed by atoms with Crippen molar-refractivity contribution >= 4 is 23.2 Å². The fraction of sp³-hybridized carbons (Fsp3) is 0.625. The zero-order chi connectivity index (χ0) is 15.5. The molecular weight excluding hydrogens is 284 g/mol. The van der Waals surface area contributed by atoms with Gasteiger partial charge in [-0.3, -0.25) is 9.59 Å². The summed E-state index contributed by atoms with van der Waals surface area (Å²) in [6, 6.07) is 4.05. The molecule has 5 heteroatoms. The van der Waals surface area contributed by atoms with Crippen molar-refractivity contribution in [1.82, 2.24) is 5.32 Å². The van der Waals surface area contributed by atoms with Crippen molar-refractivity contribution in [1.29, 1.82) is 0 Å². The summed E-state index contributed by atoms with van der Waals surface area (Å²) in [6.45, 7) is 3.80. The molecule has 21 heavy (non-hydrogen) atoms. The van der Waals surface area contributed by atoms with E-state index in [9.17, 15) is 9.59 Å². The van der Waals surface area contributed by atoms with E-state index in [2.05, 4.69) is 11.4 Å². The minimum Gasteiger partial charge on any atom is -0.369 e. The highest BCUT2D eigenvalue weighted by Crippen LogP contribution is 2.41. The summed E-state index contributed by atoms with van der Waals surface area (Å²) in [7, 11) is 0. The van der Waals surface area contributed by atoms with Crippen LogP contribution in [0.15, 0.2) is 17.5 Å². The highest BCUT2D eigenvalue weighted by Gasteiger charge is 2.42. The third-order valence-electron chi connectivity index (χ3n) is 4.49. The van der Waals surface area contributed by atoms with E-state index < -0.39 is 16.7 Å². The number of hydrogen-bond donors (Lipinski definition) is 2. The summed E-state index contributed by atoms with van der Waals surface area (Å²) >= 11 is 1.64. The maximum absolute atomic E-state index is 12.8. The maximum Gasteiger partial charge on any atom is 0.231 e. The zero-order valence-corrected chi connectivity index (χ0v) is 13.6. The van der Waals surface area contributed by atoms with Gasteiger partial charge in [-0.25, -0.2) is 0 Å². The van der Waals surface area contributed by atoms with Crippen LogP contribution in [-0.2, 0) is 15.0 Å². The topological polar surface area (TPSA) is 72.2 Å². The van der Waals surface area contributed by atoms with Crippen LogP contribution in [0, 0.1) is 5.41 Å². The van der Waals surface area contributed by atoms with Crippen LogP contribution in [0.25, 0.3) is 0 Å². The summed E-state index contributed by atoms with van der Waals surface area (Å²) in [5.41, 5.74) is 4.24. The molecule has 1 aliphatic rings. The molecule has 0 aromatic carbocycles. The molecule has 4 nitrogen and oxygen atoms in total. The summed E-state index contributed by atoms with van der Waals surface area (Å²) < 4.78 is 0. The Hall–Kier alpha value is -1.36. The molecule has 0 spiro atoms. The molecule has 1 aliphatic carbocycles.